The molecule has 27 heavy (non-hydrogen) atoms. The van der Waals surface area contributed by atoms with E-state index in [0.29, 0.717) is 17.8 Å². The lowest BCUT2D eigenvalue weighted by molar-refractivity contribution is 0.0938. The number of rotatable bonds is 3. The lowest BCUT2D eigenvalue weighted by Crippen LogP contribution is -2.39. The fourth-order valence-corrected chi connectivity index (χ4v) is 4.46. The summed E-state index contributed by atoms with van der Waals surface area (Å²) in [6.45, 7) is 0.622. The predicted molar refractivity (Wildman–Crippen MR) is 107 cm³/mol. The topological polar surface area (TPSA) is 74.3 Å². The molecule has 0 atom stereocenters. The Balaban J connectivity index is 1.45. The van der Waals surface area contributed by atoms with Gasteiger partial charge in [0.15, 0.2) is 0 Å². The highest BCUT2D eigenvalue weighted by Gasteiger charge is 2.24. The van der Waals surface area contributed by atoms with Crippen molar-refractivity contribution in [2.24, 2.45) is 0 Å². The number of nitrogens with one attached hydrogen (secondary N) is 2. The second-order valence-corrected chi connectivity index (χ2v) is 7.88. The van der Waals surface area contributed by atoms with Crippen LogP contribution in [0, 0.1) is 0 Å². The van der Waals surface area contributed by atoms with Gasteiger partial charge in [0.2, 0.25) is 0 Å². The van der Waals surface area contributed by atoms with Crippen LogP contribution in [-0.4, -0.2) is 35.3 Å². The fraction of sp³-hybridized carbons (Fsp3) is 0.350. The van der Waals surface area contributed by atoms with Crippen molar-refractivity contribution < 1.29 is 9.59 Å². The Morgan fingerprint density at radius 2 is 2.00 bits per heavy atom. The van der Waals surface area contributed by atoms with Crippen molar-refractivity contribution in [3.63, 3.8) is 0 Å². The standard InChI is InChI=1S/C20H22N4O2S/c25-18(22-15-6-1-2-7-15)14-5-3-8-16(13-14)23-20(26)24-11-12-27-19-17(24)9-4-10-21-19/h3-5,8-10,13,15H,1-2,6-7,11-12H2,(H,22,25)(H,23,26). The van der Waals surface area contributed by atoms with Crippen molar-refractivity contribution in [2.45, 2.75) is 36.8 Å². The maximum absolute atomic E-state index is 12.8. The number of benzene rings is 1. The van der Waals surface area contributed by atoms with Gasteiger partial charge in [-0.25, -0.2) is 9.78 Å². The second kappa shape index (κ2) is 8.00. The highest BCUT2D eigenvalue weighted by atomic mass is 32.2. The van der Waals surface area contributed by atoms with E-state index in [2.05, 4.69) is 15.6 Å². The number of amides is 3. The smallest absolute Gasteiger partial charge is 0.326 e. The van der Waals surface area contributed by atoms with Gasteiger partial charge in [0.25, 0.3) is 5.91 Å². The molecular formula is C20H22N4O2S. The zero-order chi connectivity index (χ0) is 18.6. The van der Waals surface area contributed by atoms with Crippen LogP contribution in [0.2, 0.25) is 0 Å². The number of anilines is 2. The number of fused-ring (bicyclic) bond motifs is 1. The molecule has 1 fully saturated rings. The molecule has 0 radical (unpaired) electrons. The first-order valence-corrected chi connectivity index (χ1v) is 10.3. The molecule has 2 N–H and O–H groups in total. The van der Waals surface area contributed by atoms with Crippen LogP contribution < -0.4 is 15.5 Å². The largest absolute Gasteiger partial charge is 0.349 e. The van der Waals surface area contributed by atoms with Crippen LogP contribution in [0.25, 0.3) is 0 Å². The predicted octanol–water partition coefficient (Wildman–Crippen LogP) is 3.90. The number of carbonyl (C=O) groups excluding carboxylic acids is 2. The van der Waals surface area contributed by atoms with E-state index >= 15 is 0 Å². The third-order valence-corrected chi connectivity index (χ3v) is 5.88. The van der Waals surface area contributed by atoms with E-state index in [-0.39, 0.29) is 18.0 Å². The van der Waals surface area contributed by atoms with E-state index in [1.165, 1.54) is 12.8 Å². The third-order valence-electron chi connectivity index (χ3n) is 4.91. The Labute approximate surface area is 162 Å². The molecule has 140 valence electrons. The quantitative estimate of drug-likeness (QED) is 0.844. The molecule has 1 aromatic carbocycles. The Morgan fingerprint density at radius 3 is 2.85 bits per heavy atom. The molecular weight excluding hydrogens is 360 g/mol. The van der Waals surface area contributed by atoms with Gasteiger partial charge in [-0.15, -0.1) is 11.8 Å². The molecule has 0 spiro atoms. The first kappa shape index (κ1) is 17.9. The number of thioether (sulfide) groups is 1. The summed E-state index contributed by atoms with van der Waals surface area (Å²) < 4.78 is 0. The van der Waals surface area contributed by atoms with E-state index in [1.54, 1.807) is 47.1 Å². The van der Waals surface area contributed by atoms with E-state index in [0.717, 1.165) is 29.3 Å². The number of urea groups is 1. The molecule has 1 aliphatic heterocycles. The van der Waals surface area contributed by atoms with Crippen molar-refractivity contribution in [1.29, 1.82) is 0 Å². The Kier molecular flexibility index (Phi) is 5.29. The summed E-state index contributed by atoms with van der Waals surface area (Å²) in [5, 5.41) is 6.85. The van der Waals surface area contributed by atoms with Crippen LogP contribution in [0.3, 0.4) is 0 Å². The van der Waals surface area contributed by atoms with Gasteiger partial charge in [-0.1, -0.05) is 18.9 Å². The molecule has 0 bridgehead atoms. The van der Waals surface area contributed by atoms with E-state index < -0.39 is 0 Å². The lowest BCUT2D eigenvalue weighted by Gasteiger charge is -2.28. The molecule has 2 aromatic rings. The lowest BCUT2D eigenvalue weighted by atomic mass is 10.1. The summed E-state index contributed by atoms with van der Waals surface area (Å²) in [5.41, 5.74) is 2.00. The van der Waals surface area contributed by atoms with Gasteiger partial charge in [0.05, 0.1) is 5.69 Å². The molecule has 4 rings (SSSR count). The summed E-state index contributed by atoms with van der Waals surface area (Å²) in [7, 11) is 0. The minimum Gasteiger partial charge on any atom is -0.349 e. The maximum atomic E-state index is 12.8. The van der Waals surface area contributed by atoms with E-state index in [1.807, 2.05) is 12.1 Å². The Hall–Kier alpha value is -2.54. The molecule has 2 aliphatic rings. The SMILES string of the molecule is O=C(NC1CCCC1)c1cccc(NC(=O)N2CCSc3ncccc32)c1. The van der Waals surface area contributed by atoms with Gasteiger partial charge in [-0.2, -0.15) is 0 Å². The minimum atomic E-state index is -0.210. The highest BCUT2D eigenvalue weighted by Crippen LogP contribution is 2.32. The summed E-state index contributed by atoms with van der Waals surface area (Å²) >= 11 is 1.65. The molecule has 1 aliphatic carbocycles. The number of nitrogens with zero attached hydrogens (tertiary/aromatic N) is 2. The molecule has 3 amide bonds. The van der Waals surface area contributed by atoms with Crippen molar-refractivity contribution in [2.75, 3.05) is 22.5 Å². The van der Waals surface area contributed by atoms with Gasteiger partial charge >= 0.3 is 6.03 Å². The normalized spacial score (nSPS) is 16.7. The van der Waals surface area contributed by atoms with Crippen molar-refractivity contribution in [3.05, 3.63) is 48.2 Å². The molecule has 1 aromatic heterocycles. The van der Waals surface area contributed by atoms with Crippen molar-refractivity contribution in [3.8, 4) is 0 Å². The van der Waals surface area contributed by atoms with Gasteiger partial charge in [0.1, 0.15) is 5.03 Å². The Morgan fingerprint density at radius 1 is 1.15 bits per heavy atom. The number of pyridine rings is 1. The zero-order valence-corrected chi connectivity index (χ0v) is 15.8. The number of aromatic nitrogens is 1. The number of carbonyl (C=O) groups is 2. The summed E-state index contributed by atoms with van der Waals surface area (Å²) in [6.07, 6.45) is 6.17. The van der Waals surface area contributed by atoms with Gasteiger partial charge in [-0.3, -0.25) is 9.69 Å². The Bertz CT molecular complexity index is 851. The molecule has 7 heteroatoms. The summed E-state index contributed by atoms with van der Waals surface area (Å²) in [4.78, 5) is 31.3. The molecule has 2 heterocycles. The minimum absolute atomic E-state index is 0.0816. The van der Waals surface area contributed by atoms with E-state index in [4.69, 9.17) is 0 Å². The average Bonchev–Trinajstić information content (AvgIpc) is 3.20. The first-order valence-electron chi connectivity index (χ1n) is 9.28. The van der Waals surface area contributed by atoms with Crippen molar-refractivity contribution >= 4 is 35.1 Å². The monoisotopic (exact) mass is 382 g/mol. The van der Waals surface area contributed by atoms with Gasteiger partial charge in [0, 0.05) is 35.8 Å². The van der Waals surface area contributed by atoms with E-state index in [9.17, 15) is 9.59 Å². The first-order chi connectivity index (χ1) is 13.2. The highest BCUT2D eigenvalue weighted by molar-refractivity contribution is 7.99. The van der Waals surface area contributed by atoms with Crippen LogP contribution in [0.5, 0.6) is 0 Å². The molecule has 0 unspecified atom stereocenters. The van der Waals surface area contributed by atoms with Crippen LogP contribution >= 0.6 is 11.8 Å². The summed E-state index contributed by atoms with van der Waals surface area (Å²) in [5.74, 6) is 0.725. The molecule has 6 nitrogen and oxygen atoms in total. The number of hydrogen-bond acceptors (Lipinski definition) is 4. The maximum Gasteiger partial charge on any atom is 0.326 e. The number of hydrogen-bond donors (Lipinski definition) is 2. The third kappa shape index (κ3) is 4.08. The van der Waals surface area contributed by atoms with Crippen LogP contribution in [0.1, 0.15) is 36.0 Å². The van der Waals surface area contributed by atoms with Gasteiger partial charge in [-0.05, 0) is 43.2 Å². The van der Waals surface area contributed by atoms with Crippen LogP contribution in [0.4, 0.5) is 16.2 Å². The second-order valence-electron chi connectivity index (χ2n) is 6.79. The molecule has 0 saturated heterocycles. The zero-order valence-electron chi connectivity index (χ0n) is 15.0. The van der Waals surface area contributed by atoms with Crippen molar-refractivity contribution in [1.82, 2.24) is 10.3 Å². The van der Waals surface area contributed by atoms with Crippen LogP contribution in [0.15, 0.2) is 47.6 Å². The molecule has 1 saturated carbocycles. The summed E-state index contributed by atoms with van der Waals surface area (Å²) in [6, 6.07) is 10.9. The van der Waals surface area contributed by atoms with Crippen LogP contribution in [-0.2, 0) is 0 Å². The average molecular weight is 382 g/mol. The van der Waals surface area contributed by atoms with Gasteiger partial charge < -0.3 is 10.6 Å². The fourth-order valence-electron chi connectivity index (χ4n) is 3.53.